The highest BCUT2D eigenvalue weighted by Crippen LogP contribution is 2.28. The normalized spacial score (nSPS) is 11.9. The number of ether oxygens (including phenoxy) is 1. The van der Waals surface area contributed by atoms with E-state index >= 15 is 0 Å². The lowest BCUT2D eigenvalue weighted by molar-refractivity contribution is -0.384. The zero-order valence-electron chi connectivity index (χ0n) is 14.1. The minimum absolute atomic E-state index is 0.0201. The molecule has 0 spiro atoms. The molecule has 6 nitrogen and oxygen atoms in total. The van der Waals surface area contributed by atoms with Gasteiger partial charge in [-0.25, -0.2) is 0 Å². The van der Waals surface area contributed by atoms with Crippen LogP contribution in [0.3, 0.4) is 0 Å². The van der Waals surface area contributed by atoms with E-state index in [9.17, 15) is 10.1 Å². The predicted octanol–water partition coefficient (Wildman–Crippen LogP) is 4.10. The van der Waals surface area contributed by atoms with Crippen molar-refractivity contribution in [1.82, 2.24) is 5.32 Å². The van der Waals surface area contributed by atoms with E-state index < -0.39 is 4.92 Å². The van der Waals surface area contributed by atoms with Crippen LogP contribution in [0.1, 0.15) is 40.0 Å². The number of nitro groups is 1. The number of non-ortho nitro benzene ring substituents is 1. The lowest BCUT2D eigenvalue weighted by atomic mass is 10.0. The Morgan fingerprint density at radius 2 is 2.04 bits per heavy atom. The molecule has 0 saturated heterocycles. The van der Waals surface area contributed by atoms with Crippen molar-refractivity contribution in [1.29, 1.82) is 0 Å². The van der Waals surface area contributed by atoms with Gasteiger partial charge in [0.25, 0.3) is 5.69 Å². The van der Waals surface area contributed by atoms with Crippen LogP contribution in [0, 0.1) is 16.0 Å². The first kappa shape index (κ1) is 19.2. The van der Waals surface area contributed by atoms with Gasteiger partial charge in [-0.05, 0) is 37.5 Å². The van der Waals surface area contributed by atoms with Crippen LogP contribution in [0.25, 0.3) is 0 Å². The molecular weight excluding hydrogens is 314 g/mol. The Kier molecular flexibility index (Phi) is 7.74. The molecule has 1 aromatic rings. The zero-order valence-corrected chi connectivity index (χ0v) is 14.9. The van der Waals surface area contributed by atoms with Gasteiger partial charge in [0.15, 0.2) is 5.11 Å². The van der Waals surface area contributed by atoms with E-state index in [4.69, 9.17) is 17.0 Å². The summed E-state index contributed by atoms with van der Waals surface area (Å²) in [7, 11) is 1.47. The summed E-state index contributed by atoms with van der Waals surface area (Å²) in [5, 5.41) is 17.5. The Morgan fingerprint density at radius 1 is 1.35 bits per heavy atom. The van der Waals surface area contributed by atoms with Crippen molar-refractivity contribution in [2.45, 2.75) is 46.1 Å². The summed E-state index contributed by atoms with van der Waals surface area (Å²) in [4.78, 5) is 10.3. The summed E-state index contributed by atoms with van der Waals surface area (Å²) in [5.74, 6) is 1.09. The molecule has 0 aliphatic rings. The molecule has 0 radical (unpaired) electrons. The number of hydrogen-bond acceptors (Lipinski definition) is 4. The maximum atomic E-state index is 10.8. The lowest BCUT2D eigenvalue weighted by Crippen LogP contribution is -2.35. The number of anilines is 1. The highest BCUT2D eigenvalue weighted by atomic mass is 32.1. The number of rotatable bonds is 8. The van der Waals surface area contributed by atoms with E-state index in [1.165, 1.54) is 25.7 Å². The van der Waals surface area contributed by atoms with E-state index in [-0.39, 0.29) is 11.7 Å². The second-order valence-corrected chi connectivity index (χ2v) is 6.37. The van der Waals surface area contributed by atoms with Crippen LogP contribution in [0.4, 0.5) is 11.4 Å². The second kappa shape index (κ2) is 9.29. The number of methoxy groups -OCH3 is 1. The fourth-order valence-electron chi connectivity index (χ4n) is 2.18. The van der Waals surface area contributed by atoms with E-state index in [1.807, 2.05) is 0 Å². The molecule has 1 atom stereocenters. The molecule has 0 saturated carbocycles. The number of nitrogens with one attached hydrogen (secondary N) is 2. The summed E-state index contributed by atoms with van der Waals surface area (Å²) in [6, 6.07) is 4.64. The Balaban J connectivity index is 2.58. The highest BCUT2D eigenvalue weighted by Gasteiger charge is 2.13. The maximum Gasteiger partial charge on any atom is 0.273 e. The molecule has 128 valence electrons. The van der Waals surface area contributed by atoms with Crippen LogP contribution in [0.15, 0.2) is 18.2 Å². The van der Waals surface area contributed by atoms with Gasteiger partial charge in [-0.1, -0.05) is 26.7 Å². The molecular formula is C16H25N3O3S. The van der Waals surface area contributed by atoms with E-state index in [2.05, 4.69) is 31.4 Å². The van der Waals surface area contributed by atoms with Crippen molar-refractivity contribution in [2.24, 2.45) is 5.92 Å². The van der Waals surface area contributed by atoms with Crippen LogP contribution in [-0.4, -0.2) is 23.2 Å². The topological polar surface area (TPSA) is 76.4 Å². The number of benzene rings is 1. The molecule has 0 aromatic heterocycles. The van der Waals surface area contributed by atoms with Gasteiger partial charge >= 0.3 is 0 Å². The van der Waals surface area contributed by atoms with E-state index in [1.54, 1.807) is 6.07 Å². The largest absolute Gasteiger partial charge is 0.494 e. The van der Waals surface area contributed by atoms with Gasteiger partial charge in [0, 0.05) is 12.1 Å². The van der Waals surface area contributed by atoms with Crippen molar-refractivity contribution < 1.29 is 9.66 Å². The molecule has 7 heteroatoms. The fourth-order valence-corrected chi connectivity index (χ4v) is 2.49. The van der Waals surface area contributed by atoms with Crippen molar-refractivity contribution in [3.8, 4) is 5.75 Å². The van der Waals surface area contributed by atoms with Crippen LogP contribution in [0.5, 0.6) is 5.75 Å². The van der Waals surface area contributed by atoms with Crippen molar-refractivity contribution >= 4 is 28.7 Å². The first-order valence-corrected chi connectivity index (χ1v) is 8.14. The molecule has 23 heavy (non-hydrogen) atoms. The molecule has 1 unspecified atom stereocenters. The minimum Gasteiger partial charge on any atom is -0.494 e. The Hall–Kier alpha value is -1.89. The van der Waals surface area contributed by atoms with Crippen LogP contribution in [0.2, 0.25) is 0 Å². The first-order chi connectivity index (χ1) is 10.8. The van der Waals surface area contributed by atoms with Gasteiger partial charge < -0.3 is 15.4 Å². The maximum absolute atomic E-state index is 10.8. The number of thiocarbonyl (C=S) groups is 1. The Bertz CT molecular complexity index is 549. The molecule has 1 rings (SSSR count). The summed E-state index contributed by atoms with van der Waals surface area (Å²) < 4.78 is 5.18. The van der Waals surface area contributed by atoms with Gasteiger partial charge in [0.2, 0.25) is 0 Å². The third-order valence-electron chi connectivity index (χ3n) is 3.44. The summed E-state index contributed by atoms with van der Waals surface area (Å²) >= 11 is 5.29. The van der Waals surface area contributed by atoms with E-state index in [0.29, 0.717) is 22.5 Å². The van der Waals surface area contributed by atoms with Gasteiger partial charge in [-0.2, -0.15) is 0 Å². The third kappa shape index (κ3) is 6.81. The standard InChI is InChI=1S/C16H25N3O3S/c1-11(2)6-5-7-12(3)17-16(23)18-14-9-8-13(19(20)21)10-15(14)22-4/h8-12H,5-7H2,1-4H3,(H2,17,18,23). The van der Waals surface area contributed by atoms with Crippen molar-refractivity contribution in [3.05, 3.63) is 28.3 Å². The van der Waals surface area contributed by atoms with E-state index in [0.717, 1.165) is 12.8 Å². The van der Waals surface area contributed by atoms with Crippen LogP contribution in [-0.2, 0) is 0 Å². The van der Waals surface area contributed by atoms with Crippen molar-refractivity contribution in [2.75, 3.05) is 12.4 Å². The molecule has 0 aliphatic carbocycles. The third-order valence-corrected chi connectivity index (χ3v) is 3.66. The van der Waals surface area contributed by atoms with Crippen molar-refractivity contribution in [3.63, 3.8) is 0 Å². The van der Waals surface area contributed by atoms with Crippen LogP contribution < -0.4 is 15.4 Å². The Labute approximate surface area is 142 Å². The molecule has 1 aromatic carbocycles. The number of nitrogens with zero attached hydrogens (tertiary/aromatic N) is 1. The van der Waals surface area contributed by atoms with Crippen LogP contribution >= 0.6 is 12.2 Å². The quantitative estimate of drug-likeness (QED) is 0.422. The average molecular weight is 339 g/mol. The SMILES string of the molecule is COc1cc([N+](=O)[O-])ccc1NC(=S)NC(C)CCCC(C)C. The van der Waals surface area contributed by atoms with Gasteiger partial charge in [-0.3, -0.25) is 10.1 Å². The summed E-state index contributed by atoms with van der Waals surface area (Å²) in [6.45, 7) is 6.51. The Morgan fingerprint density at radius 3 is 2.61 bits per heavy atom. The minimum atomic E-state index is -0.459. The van der Waals surface area contributed by atoms with Gasteiger partial charge in [0.05, 0.1) is 23.8 Å². The fraction of sp³-hybridized carbons (Fsp3) is 0.562. The molecule has 0 fully saturated rings. The molecule has 0 amide bonds. The number of nitro benzene ring substituents is 1. The summed E-state index contributed by atoms with van der Waals surface area (Å²) in [5.41, 5.74) is 0.582. The van der Waals surface area contributed by atoms with Gasteiger partial charge in [-0.15, -0.1) is 0 Å². The van der Waals surface area contributed by atoms with Gasteiger partial charge in [0.1, 0.15) is 5.75 Å². The average Bonchev–Trinajstić information content (AvgIpc) is 2.46. The number of hydrogen-bond donors (Lipinski definition) is 2. The highest BCUT2D eigenvalue weighted by molar-refractivity contribution is 7.80. The molecule has 0 aliphatic heterocycles. The molecule has 2 N–H and O–H groups in total. The molecule has 0 heterocycles. The zero-order chi connectivity index (χ0) is 17.4. The second-order valence-electron chi connectivity index (χ2n) is 5.97. The lowest BCUT2D eigenvalue weighted by Gasteiger charge is -2.18. The first-order valence-electron chi connectivity index (χ1n) is 7.73. The summed E-state index contributed by atoms with van der Waals surface area (Å²) in [6.07, 6.45) is 3.38. The predicted molar refractivity (Wildman–Crippen MR) is 97.2 cm³/mol. The molecule has 0 bridgehead atoms. The smallest absolute Gasteiger partial charge is 0.273 e. The monoisotopic (exact) mass is 339 g/mol.